The SMILES string of the molecule is CC(C)(C)c1cc(-c2nc(C(N)=O)nn2CC2CCCCC2)cc(C(C)(C)C)c1. The first-order valence-corrected chi connectivity index (χ1v) is 10.9. The highest BCUT2D eigenvalue weighted by Gasteiger charge is 2.25. The Morgan fingerprint density at radius 1 is 1.00 bits per heavy atom. The molecule has 1 aliphatic rings. The summed E-state index contributed by atoms with van der Waals surface area (Å²) >= 11 is 0. The molecule has 1 aliphatic carbocycles. The van der Waals surface area contributed by atoms with Gasteiger partial charge in [0.1, 0.15) is 0 Å². The van der Waals surface area contributed by atoms with Crippen LogP contribution in [0.1, 0.15) is 95.4 Å². The summed E-state index contributed by atoms with van der Waals surface area (Å²) in [4.78, 5) is 16.4. The van der Waals surface area contributed by atoms with E-state index in [0.29, 0.717) is 5.92 Å². The number of hydrogen-bond donors (Lipinski definition) is 1. The van der Waals surface area contributed by atoms with Crippen molar-refractivity contribution in [2.45, 2.75) is 91.0 Å². The predicted octanol–water partition coefficient (Wildman–Crippen LogP) is 5.22. The third-order valence-corrected chi connectivity index (χ3v) is 5.97. The van der Waals surface area contributed by atoms with Crippen molar-refractivity contribution < 1.29 is 4.79 Å². The van der Waals surface area contributed by atoms with E-state index in [1.54, 1.807) is 0 Å². The minimum Gasteiger partial charge on any atom is -0.363 e. The van der Waals surface area contributed by atoms with Gasteiger partial charge in [-0.2, -0.15) is 0 Å². The van der Waals surface area contributed by atoms with Gasteiger partial charge in [0.25, 0.3) is 5.91 Å². The quantitative estimate of drug-likeness (QED) is 0.770. The monoisotopic (exact) mass is 396 g/mol. The molecular weight excluding hydrogens is 360 g/mol. The van der Waals surface area contributed by atoms with E-state index in [4.69, 9.17) is 5.73 Å². The Labute approximate surface area is 175 Å². The third kappa shape index (κ3) is 5.06. The summed E-state index contributed by atoms with van der Waals surface area (Å²) in [6.07, 6.45) is 6.27. The zero-order chi connectivity index (χ0) is 21.4. The van der Waals surface area contributed by atoms with E-state index in [1.807, 2.05) is 4.68 Å². The number of rotatable bonds is 4. The lowest BCUT2D eigenvalue weighted by molar-refractivity contribution is 0.0990. The van der Waals surface area contributed by atoms with Gasteiger partial charge in [-0.1, -0.05) is 66.9 Å². The third-order valence-electron chi connectivity index (χ3n) is 5.97. The Bertz CT molecular complexity index is 845. The highest BCUT2D eigenvalue weighted by Crippen LogP contribution is 2.34. The van der Waals surface area contributed by atoms with Crippen LogP contribution in [0.3, 0.4) is 0 Å². The van der Waals surface area contributed by atoms with Crippen molar-refractivity contribution in [2.24, 2.45) is 11.7 Å². The molecular formula is C24H36N4O. The van der Waals surface area contributed by atoms with Crippen LogP contribution in [-0.4, -0.2) is 20.7 Å². The second-order valence-corrected chi connectivity index (χ2v) is 10.6. The number of carbonyl (C=O) groups is 1. The van der Waals surface area contributed by atoms with Crippen molar-refractivity contribution in [3.05, 3.63) is 35.2 Å². The van der Waals surface area contributed by atoms with Crippen LogP contribution >= 0.6 is 0 Å². The van der Waals surface area contributed by atoms with Gasteiger partial charge in [0.05, 0.1) is 0 Å². The first-order valence-electron chi connectivity index (χ1n) is 10.9. The first-order chi connectivity index (χ1) is 13.4. The Balaban J connectivity index is 2.11. The van der Waals surface area contributed by atoms with Gasteiger partial charge in [0.2, 0.25) is 5.82 Å². The van der Waals surface area contributed by atoms with Gasteiger partial charge in [-0.15, -0.1) is 5.10 Å². The lowest BCUT2D eigenvalue weighted by atomic mass is 9.79. The summed E-state index contributed by atoms with van der Waals surface area (Å²) in [5, 5.41) is 4.49. The summed E-state index contributed by atoms with van der Waals surface area (Å²) < 4.78 is 1.92. The van der Waals surface area contributed by atoms with Crippen LogP contribution in [0.5, 0.6) is 0 Å². The van der Waals surface area contributed by atoms with E-state index >= 15 is 0 Å². The molecule has 0 atom stereocenters. The molecule has 2 N–H and O–H groups in total. The van der Waals surface area contributed by atoms with Crippen LogP contribution in [0.15, 0.2) is 18.2 Å². The first kappa shape index (κ1) is 21.5. The Morgan fingerprint density at radius 2 is 1.55 bits per heavy atom. The number of aromatic nitrogens is 3. The molecule has 0 bridgehead atoms. The molecule has 1 fully saturated rings. The Kier molecular flexibility index (Phi) is 5.88. The average Bonchev–Trinajstić information content (AvgIpc) is 3.05. The van der Waals surface area contributed by atoms with E-state index in [1.165, 1.54) is 43.2 Å². The number of benzene rings is 1. The molecule has 158 valence electrons. The largest absolute Gasteiger partial charge is 0.363 e. The number of amides is 1. The van der Waals surface area contributed by atoms with Crippen LogP contribution in [0.25, 0.3) is 11.4 Å². The molecule has 5 heteroatoms. The van der Waals surface area contributed by atoms with Crippen LogP contribution in [0.2, 0.25) is 0 Å². The van der Waals surface area contributed by atoms with Crippen molar-refractivity contribution in [3.8, 4) is 11.4 Å². The molecule has 0 spiro atoms. The predicted molar refractivity (Wildman–Crippen MR) is 118 cm³/mol. The number of nitrogens with zero attached hydrogens (tertiary/aromatic N) is 3. The topological polar surface area (TPSA) is 73.8 Å². The highest BCUT2D eigenvalue weighted by molar-refractivity contribution is 5.89. The summed E-state index contributed by atoms with van der Waals surface area (Å²) in [6, 6.07) is 6.68. The summed E-state index contributed by atoms with van der Waals surface area (Å²) in [6.45, 7) is 14.1. The normalized spacial score (nSPS) is 16.2. The van der Waals surface area contributed by atoms with Gasteiger partial charge in [0.15, 0.2) is 5.82 Å². The minimum absolute atomic E-state index is 0.0107. The molecule has 1 saturated carbocycles. The second kappa shape index (κ2) is 7.92. The van der Waals surface area contributed by atoms with Crippen molar-refractivity contribution in [1.82, 2.24) is 14.8 Å². The minimum atomic E-state index is -0.573. The van der Waals surface area contributed by atoms with E-state index in [0.717, 1.165) is 17.9 Å². The van der Waals surface area contributed by atoms with Gasteiger partial charge in [-0.3, -0.25) is 4.79 Å². The number of hydrogen-bond acceptors (Lipinski definition) is 3. The molecule has 29 heavy (non-hydrogen) atoms. The van der Waals surface area contributed by atoms with E-state index in [9.17, 15) is 4.79 Å². The number of primary amides is 1. The van der Waals surface area contributed by atoms with Crippen molar-refractivity contribution in [3.63, 3.8) is 0 Å². The van der Waals surface area contributed by atoms with E-state index < -0.39 is 5.91 Å². The molecule has 5 nitrogen and oxygen atoms in total. The number of carbonyl (C=O) groups excluding carboxylic acids is 1. The lowest BCUT2D eigenvalue weighted by Crippen LogP contribution is -2.18. The molecule has 1 amide bonds. The maximum Gasteiger partial charge on any atom is 0.288 e. The van der Waals surface area contributed by atoms with Gasteiger partial charge in [0, 0.05) is 12.1 Å². The van der Waals surface area contributed by atoms with E-state index in [2.05, 4.69) is 69.8 Å². The van der Waals surface area contributed by atoms with Crippen LogP contribution in [0, 0.1) is 5.92 Å². The lowest BCUT2D eigenvalue weighted by Gasteiger charge is -2.26. The average molecular weight is 397 g/mol. The van der Waals surface area contributed by atoms with Crippen molar-refractivity contribution in [1.29, 1.82) is 0 Å². The highest BCUT2D eigenvalue weighted by atomic mass is 16.1. The van der Waals surface area contributed by atoms with Gasteiger partial charge < -0.3 is 5.73 Å². The summed E-state index contributed by atoms with van der Waals surface area (Å²) in [5.74, 6) is 0.865. The second-order valence-electron chi connectivity index (χ2n) is 10.6. The summed E-state index contributed by atoms with van der Waals surface area (Å²) in [7, 11) is 0. The van der Waals surface area contributed by atoms with Gasteiger partial charge >= 0.3 is 0 Å². The Morgan fingerprint density at radius 3 is 2.03 bits per heavy atom. The molecule has 0 radical (unpaired) electrons. The molecule has 1 heterocycles. The van der Waals surface area contributed by atoms with Gasteiger partial charge in [-0.05, 0) is 52.8 Å². The van der Waals surface area contributed by atoms with Crippen molar-refractivity contribution >= 4 is 5.91 Å². The van der Waals surface area contributed by atoms with Crippen LogP contribution in [-0.2, 0) is 17.4 Å². The molecule has 0 saturated heterocycles. The number of nitrogens with two attached hydrogens (primary N) is 1. The molecule has 1 aromatic heterocycles. The van der Waals surface area contributed by atoms with E-state index in [-0.39, 0.29) is 16.7 Å². The smallest absolute Gasteiger partial charge is 0.288 e. The Hall–Kier alpha value is -2.17. The fourth-order valence-corrected chi connectivity index (χ4v) is 4.02. The van der Waals surface area contributed by atoms with Crippen molar-refractivity contribution in [2.75, 3.05) is 0 Å². The molecule has 0 unspecified atom stereocenters. The standard InChI is InChI=1S/C24H36N4O/c1-23(2,3)18-12-17(13-19(14-18)24(4,5)6)22-26-21(20(25)29)27-28(22)15-16-10-8-7-9-11-16/h12-14,16H,7-11,15H2,1-6H3,(H2,25,29). The zero-order valence-electron chi connectivity index (χ0n) is 18.9. The molecule has 2 aromatic rings. The maximum absolute atomic E-state index is 11.8. The van der Waals surface area contributed by atoms with Crippen LogP contribution < -0.4 is 5.73 Å². The maximum atomic E-state index is 11.8. The van der Waals surface area contributed by atoms with Crippen LogP contribution in [0.4, 0.5) is 0 Å². The molecule has 1 aromatic carbocycles. The fourth-order valence-electron chi connectivity index (χ4n) is 4.02. The molecule has 3 rings (SSSR count). The molecule has 0 aliphatic heterocycles. The zero-order valence-corrected chi connectivity index (χ0v) is 18.9. The summed E-state index contributed by atoms with van der Waals surface area (Å²) in [5.41, 5.74) is 9.08. The fraction of sp³-hybridized carbons (Fsp3) is 0.625. The van der Waals surface area contributed by atoms with Gasteiger partial charge in [-0.25, -0.2) is 9.67 Å².